The van der Waals surface area contributed by atoms with Gasteiger partial charge in [-0.05, 0) is 355 Å². The number of aliphatic hydroxyl groups excluding tert-OH is 6. The van der Waals surface area contributed by atoms with Crippen LogP contribution >= 0.6 is 15.6 Å². The van der Waals surface area contributed by atoms with E-state index in [1.165, 1.54) is 114 Å². The summed E-state index contributed by atoms with van der Waals surface area (Å²) in [5, 5.41) is 64.1. The van der Waals surface area contributed by atoms with E-state index < -0.39 is 96.1 Å². The van der Waals surface area contributed by atoms with Crippen LogP contribution in [0.25, 0.3) is 0 Å². The molecule has 9 N–H and O–H groups in total. The Balaban J connectivity index is 1.58. The van der Waals surface area contributed by atoms with Crippen molar-refractivity contribution < 1.29 is 81.9 Å². The molecule has 0 saturated carbocycles. The molecule has 0 aliphatic carbocycles. The summed E-state index contributed by atoms with van der Waals surface area (Å²) in [5.41, 5.74) is 25.0. The minimum atomic E-state index is -5.59. The molecule has 2 unspecified atom stereocenters. The van der Waals surface area contributed by atoms with Gasteiger partial charge in [0, 0.05) is 6.92 Å². The minimum Gasteiger partial charge on any atom is -0.394 e. The zero-order valence-corrected chi connectivity index (χ0v) is 82.5. The number of amides is 1. The van der Waals surface area contributed by atoms with Gasteiger partial charge in [0.1, 0.15) is 48.8 Å². The Morgan fingerprint density at radius 2 is 0.581 bits per heavy atom. The molecule has 2 aliphatic rings. The van der Waals surface area contributed by atoms with Crippen LogP contribution in [0.15, 0.2) is 198 Å². The molecule has 13 atom stereocenters. The summed E-state index contributed by atoms with van der Waals surface area (Å²) in [4.78, 5) is 33.1. The van der Waals surface area contributed by atoms with Gasteiger partial charge in [0.25, 0.3) is 0 Å². The summed E-state index contributed by atoms with van der Waals surface area (Å²) < 4.78 is 57.0. The van der Waals surface area contributed by atoms with Crippen molar-refractivity contribution in [3.63, 3.8) is 0 Å². The van der Waals surface area contributed by atoms with E-state index in [1.807, 2.05) is 6.92 Å². The Morgan fingerprint density at radius 1 is 0.331 bits per heavy atom. The third-order valence-corrected chi connectivity index (χ3v) is 26.0. The summed E-state index contributed by atoms with van der Waals surface area (Å²) in [6, 6.07) is -1.76. The van der Waals surface area contributed by atoms with Crippen LogP contribution in [0, 0.1) is 5.92 Å². The quantitative estimate of drug-likeness (QED) is 0.0202. The van der Waals surface area contributed by atoms with Crippen LogP contribution < -0.4 is 5.32 Å². The summed E-state index contributed by atoms with van der Waals surface area (Å²) in [6.45, 7) is 41.6. The molecule has 124 heavy (non-hydrogen) atoms. The van der Waals surface area contributed by atoms with Crippen LogP contribution in [0.5, 0.6) is 0 Å². The molecule has 1 amide bonds. The van der Waals surface area contributed by atoms with Crippen LogP contribution in [0.3, 0.4) is 0 Å². The van der Waals surface area contributed by atoms with E-state index in [-0.39, 0.29) is 12.5 Å². The number of phosphoric acid groups is 2. The predicted octanol–water partition coefficient (Wildman–Crippen LogP) is 26.4. The first-order valence-electron chi connectivity index (χ1n) is 46.7. The normalized spacial score (nSPS) is 23.0. The highest BCUT2D eigenvalue weighted by molar-refractivity contribution is 7.61. The van der Waals surface area contributed by atoms with E-state index in [4.69, 9.17) is 23.3 Å². The second-order valence-corrected chi connectivity index (χ2v) is 39.4. The molecule has 2 heterocycles. The molecule has 0 aromatic rings. The highest BCUT2D eigenvalue weighted by Crippen LogP contribution is 2.61. The van der Waals surface area contributed by atoms with Gasteiger partial charge >= 0.3 is 15.6 Å². The van der Waals surface area contributed by atoms with Crippen LogP contribution in [-0.2, 0) is 41.5 Å². The second kappa shape index (κ2) is 66.3. The van der Waals surface area contributed by atoms with Crippen molar-refractivity contribution in [2.45, 2.75) is 425 Å². The number of hydrogen-bond donors (Lipinski definition) is 9. The molecule has 0 radical (unpaired) electrons. The van der Waals surface area contributed by atoms with Crippen molar-refractivity contribution in [3.05, 3.63) is 198 Å². The molecule has 2 aliphatic heterocycles. The van der Waals surface area contributed by atoms with Gasteiger partial charge in [0.2, 0.25) is 5.91 Å². The highest BCUT2D eigenvalue weighted by atomic mass is 31.3. The van der Waals surface area contributed by atoms with E-state index in [0.717, 1.165) is 206 Å². The molecule has 18 nitrogen and oxygen atoms in total. The number of hydrogen-bond acceptors (Lipinski definition) is 15. The zero-order chi connectivity index (χ0) is 92.6. The predicted molar refractivity (Wildman–Crippen MR) is 516 cm³/mol. The van der Waals surface area contributed by atoms with E-state index in [1.54, 1.807) is 0 Å². The number of phosphoric ester groups is 2. The van der Waals surface area contributed by atoms with Gasteiger partial charge in [-0.25, -0.2) is 9.13 Å². The Morgan fingerprint density at radius 3 is 0.831 bits per heavy atom. The van der Waals surface area contributed by atoms with Gasteiger partial charge < -0.3 is 60.0 Å². The first-order valence-corrected chi connectivity index (χ1v) is 49.7. The lowest BCUT2D eigenvalue weighted by molar-refractivity contribution is -0.344. The number of allylic oxidation sites excluding steroid dienone is 34. The Hall–Kier alpha value is -5.05. The minimum absolute atomic E-state index is 0.0386. The monoisotopic (exact) mass is 1770 g/mol. The van der Waals surface area contributed by atoms with E-state index >= 15 is 0 Å². The second-order valence-electron chi connectivity index (χ2n) is 36.4. The molecular weight excluding hydrogens is 1600 g/mol. The average molecular weight is 1770 g/mol. The van der Waals surface area contributed by atoms with Crippen LogP contribution in [0.4, 0.5) is 0 Å². The highest BCUT2D eigenvalue weighted by Gasteiger charge is 2.53. The third-order valence-electron chi connectivity index (χ3n) is 23.4. The van der Waals surface area contributed by atoms with Gasteiger partial charge in [-0.3, -0.25) is 13.8 Å². The van der Waals surface area contributed by atoms with E-state index in [0.29, 0.717) is 6.42 Å². The van der Waals surface area contributed by atoms with Gasteiger partial charge in [-0.2, -0.15) is 4.31 Å². The summed E-state index contributed by atoms with van der Waals surface area (Å²) in [7, 11) is -10.8. The summed E-state index contributed by atoms with van der Waals surface area (Å²) >= 11 is 0. The summed E-state index contributed by atoms with van der Waals surface area (Å²) in [5.74, 6) is -0.765. The number of rotatable bonds is 64. The molecule has 2 rings (SSSR count). The first-order chi connectivity index (χ1) is 58.7. The van der Waals surface area contributed by atoms with Crippen LogP contribution in [0.1, 0.15) is 363 Å². The summed E-state index contributed by atoms with van der Waals surface area (Å²) in [6.07, 6.45) is 62.4. The fourth-order valence-corrected chi connectivity index (χ4v) is 17.1. The van der Waals surface area contributed by atoms with Crippen LogP contribution in [0.2, 0.25) is 0 Å². The van der Waals surface area contributed by atoms with Gasteiger partial charge in [0.05, 0.1) is 19.8 Å². The lowest BCUT2D eigenvalue weighted by atomic mass is 9.95. The lowest BCUT2D eigenvalue weighted by Gasteiger charge is -2.47. The molecule has 0 bridgehead atoms. The fraction of sp³-hybridized carbons (Fsp3) is 0.663. The topological polar surface area (TPSA) is 280 Å². The van der Waals surface area contributed by atoms with E-state index in [9.17, 15) is 54.4 Å². The molecule has 0 spiro atoms. The molecule has 20 heteroatoms. The first kappa shape index (κ1) is 115. The smallest absolute Gasteiger partial charge is 0.394 e. The molecule has 706 valence electrons. The lowest BCUT2D eigenvalue weighted by Crippen LogP contribution is -2.67. The maximum absolute atomic E-state index is 13.1. The SMILES string of the molecule is CC(=O)N[C@H]1[C@@H](OP(=O)(O)OP(=O)(O)OCC[C@@H](C)CC/C=C(/C)CC/C=C(/C)CC/C=C(/C)CC/C=C(/C)CC/C=C(/C)CC/C=C(/C)CC/C=C(/C)CC/C=C(/C)CC/C=C(/C)CC/C=C(/C)CC/C=C(/C)CC/C=C(/C)CC/C=C(/C)CC/C=C(/C)CC/C=C(\C)CC/C=C(\C)CCC=C(C)C)O[C@H](CO)[C@@H](O[C@@H]2O[C@H](CO)[C@@H](O)[C@H](O)[C@H]2O)[C@@H]1O. The number of ether oxygens (including phenoxy) is 3. The molecule has 2 fully saturated rings. The van der Waals surface area contributed by atoms with Crippen molar-refractivity contribution in [1.29, 1.82) is 0 Å². The van der Waals surface area contributed by atoms with Crippen molar-refractivity contribution in [1.82, 2.24) is 5.32 Å². The molecule has 2 saturated heterocycles. The van der Waals surface area contributed by atoms with Crippen molar-refractivity contribution in [2.75, 3.05) is 19.8 Å². The molecule has 0 aromatic carbocycles. The standard InChI is InChI=1S/C104H173NO17P2/c1-76(2)38-21-39-77(3)40-22-41-78(4)42-23-43-79(5)44-24-45-80(6)46-25-47-81(7)48-26-49-82(8)50-27-51-83(9)52-28-53-84(10)54-29-55-85(11)56-30-57-86(12)58-31-59-87(13)60-32-61-88(14)62-33-63-89(15)64-34-65-90(16)66-35-67-91(17)68-36-69-92(18)70-37-71-93(19)72-73-117-123(113,114)122-124(115,116)121-103-97(105-94(20)108)99(110)102(96(75-107)119-103)120-104-101(112)100(111)98(109)95(74-106)118-104/h38,40,42,44,46,48,50,52,54,56,58,60,62,64,66,68,70,93,95-104,106-107,109-112H,21-37,39,41,43,45,47,49,51,53,55,57,59,61,63,65,67,69,71-75H2,1-20H3,(H,105,108)(H,113,114)(H,115,116)/b77-40+,78-42+,79-44-,80-46-,81-48-,82-50-,83-52-,84-54-,85-56-,86-58-,87-60-,88-62-,89-64-,90-66-,91-68-,92-70-/t93-,95+,96+,97+,98+,99+,100-,101+,102+,103+,104-/m0/s1. The number of carbonyl (C=O) groups is 1. The Bertz CT molecular complexity index is 3770. The third kappa shape index (κ3) is 56.4. The number of carbonyl (C=O) groups excluding carboxylic acids is 1. The zero-order valence-electron chi connectivity index (χ0n) is 80.7. The Kier molecular flexibility index (Phi) is 61.5. The van der Waals surface area contributed by atoms with E-state index in [2.05, 4.69) is 238 Å². The molecule has 0 aromatic heterocycles. The number of aliphatic hydroxyl groups is 6. The molecular formula is C104H173NO17P2. The van der Waals surface area contributed by atoms with Gasteiger partial charge in [-0.15, -0.1) is 0 Å². The number of nitrogens with one attached hydrogen (secondary N) is 1. The maximum Gasteiger partial charge on any atom is 0.483 e. The fourth-order valence-electron chi connectivity index (χ4n) is 14.9. The van der Waals surface area contributed by atoms with Crippen molar-refractivity contribution in [3.8, 4) is 0 Å². The van der Waals surface area contributed by atoms with Crippen molar-refractivity contribution >= 4 is 21.6 Å². The maximum atomic E-state index is 13.1. The largest absolute Gasteiger partial charge is 0.483 e. The van der Waals surface area contributed by atoms with Crippen molar-refractivity contribution in [2.24, 2.45) is 5.92 Å². The van der Waals surface area contributed by atoms with Gasteiger partial charge in [0.15, 0.2) is 12.6 Å². The van der Waals surface area contributed by atoms with Gasteiger partial charge in [-0.1, -0.05) is 205 Å². The average Bonchev–Trinajstić information content (AvgIpc) is 0.775. The van der Waals surface area contributed by atoms with Crippen LogP contribution in [-0.4, -0.2) is 128 Å². The Labute approximate surface area is 752 Å².